The van der Waals surface area contributed by atoms with Crippen molar-refractivity contribution in [2.45, 2.75) is 32.0 Å². The highest BCUT2D eigenvalue weighted by Crippen LogP contribution is 2.39. The van der Waals surface area contributed by atoms with Gasteiger partial charge in [0.2, 0.25) is 5.95 Å². The van der Waals surface area contributed by atoms with Crippen LogP contribution in [0.4, 0.5) is 19.1 Å². The molecular weight excluding hydrogens is 455 g/mol. The normalized spacial score (nSPS) is 16.9. The van der Waals surface area contributed by atoms with Crippen molar-refractivity contribution in [2.24, 2.45) is 0 Å². The molecule has 1 aliphatic heterocycles. The fraction of sp³-hybridized carbons (Fsp3) is 0.333. The first-order valence-corrected chi connectivity index (χ1v) is 11.2. The lowest BCUT2D eigenvalue weighted by Gasteiger charge is -2.24. The SMILES string of the molecule is Cc1ncc(-n2cc(-c3nc(NC4CCCNC4)ncc3C(F)(F)F)c3cc[nH]c(=O)c32)s1. The molecule has 0 saturated carbocycles. The van der Waals surface area contributed by atoms with Crippen LogP contribution in [-0.2, 0) is 6.18 Å². The Labute approximate surface area is 189 Å². The van der Waals surface area contributed by atoms with Gasteiger partial charge < -0.3 is 20.2 Å². The van der Waals surface area contributed by atoms with Crippen LogP contribution in [0.5, 0.6) is 0 Å². The topological polar surface area (TPSA) is 101 Å². The number of pyridine rings is 1. The highest BCUT2D eigenvalue weighted by atomic mass is 32.1. The molecule has 4 aromatic rings. The molecule has 5 heterocycles. The fourth-order valence-corrected chi connectivity index (χ4v) is 4.79. The predicted octanol–water partition coefficient (Wildman–Crippen LogP) is 3.72. The van der Waals surface area contributed by atoms with Crippen molar-refractivity contribution in [3.63, 3.8) is 0 Å². The summed E-state index contributed by atoms with van der Waals surface area (Å²) in [6.07, 6.45) is 2.46. The van der Waals surface area contributed by atoms with Crippen molar-refractivity contribution in [1.82, 2.24) is 29.8 Å². The van der Waals surface area contributed by atoms with Crippen LogP contribution < -0.4 is 16.2 Å². The fourth-order valence-electron chi connectivity index (χ4n) is 4.04. The van der Waals surface area contributed by atoms with Crippen LogP contribution in [0.1, 0.15) is 23.4 Å². The lowest BCUT2D eigenvalue weighted by Crippen LogP contribution is -2.38. The predicted molar refractivity (Wildman–Crippen MR) is 120 cm³/mol. The summed E-state index contributed by atoms with van der Waals surface area (Å²) in [6.45, 7) is 3.40. The molecule has 5 rings (SSSR count). The smallest absolute Gasteiger partial charge is 0.350 e. The molecule has 0 amide bonds. The number of nitrogens with zero attached hydrogens (tertiary/aromatic N) is 4. The van der Waals surface area contributed by atoms with Crippen LogP contribution in [0.25, 0.3) is 27.2 Å². The van der Waals surface area contributed by atoms with Gasteiger partial charge in [-0.25, -0.2) is 15.0 Å². The van der Waals surface area contributed by atoms with Gasteiger partial charge in [-0.05, 0) is 32.4 Å². The van der Waals surface area contributed by atoms with Gasteiger partial charge >= 0.3 is 6.18 Å². The zero-order chi connectivity index (χ0) is 23.2. The molecule has 0 spiro atoms. The van der Waals surface area contributed by atoms with Crippen molar-refractivity contribution in [3.8, 4) is 16.3 Å². The molecule has 1 atom stereocenters. The number of H-pyrrole nitrogens is 1. The van der Waals surface area contributed by atoms with Crippen molar-refractivity contribution < 1.29 is 13.2 Å². The Morgan fingerprint density at radius 1 is 1.27 bits per heavy atom. The van der Waals surface area contributed by atoms with E-state index in [0.717, 1.165) is 30.6 Å². The van der Waals surface area contributed by atoms with Crippen LogP contribution in [0.3, 0.4) is 0 Å². The number of anilines is 1. The van der Waals surface area contributed by atoms with Gasteiger partial charge in [-0.1, -0.05) is 0 Å². The number of fused-ring (bicyclic) bond motifs is 1. The molecule has 1 aliphatic rings. The standard InChI is InChI=1S/C21H20F3N7OS/c1-11-27-9-16(33-11)31-10-14(13-4-6-26-19(32)18(13)31)17-15(21(22,23)24)8-28-20(30-17)29-12-3-2-5-25-7-12/h4,6,8-10,12,25H,2-3,5,7H2,1H3,(H,26,32)(H,28,29,30). The van der Waals surface area contributed by atoms with Crippen LogP contribution in [0.2, 0.25) is 0 Å². The van der Waals surface area contributed by atoms with E-state index in [1.165, 1.54) is 23.7 Å². The Morgan fingerprint density at radius 3 is 2.82 bits per heavy atom. The number of nitrogens with one attached hydrogen (secondary N) is 3. The van der Waals surface area contributed by atoms with Crippen molar-refractivity contribution in [3.05, 3.63) is 51.8 Å². The van der Waals surface area contributed by atoms with Gasteiger partial charge in [0.05, 0.1) is 16.9 Å². The number of halogens is 3. The summed E-state index contributed by atoms with van der Waals surface area (Å²) in [4.78, 5) is 27.7. The number of piperidine rings is 1. The Hall–Kier alpha value is -3.25. The maximum Gasteiger partial charge on any atom is 0.419 e. The van der Waals surface area contributed by atoms with E-state index in [0.29, 0.717) is 16.9 Å². The number of rotatable bonds is 4. The van der Waals surface area contributed by atoms with Gasteiger partial charge in [0.1, 0.15) is 16.1 Å². The van der Waals surface area contributed by atoms with Crippen molar-refractivity contribution in [1.29, 1.82) is 0 Å². The number of aromatic nitrogens is 5. The molecule has 8 nitrogen and oxygen atoms in total. The number of hydrogen-bond acceptors (Lipinski definition) is 7. The molecule has 3 N–H and O–H groups in total. The van der Waals surface area contributed by atoms with Gasteiger partial charge in [-0.2, -0.15) is 13.2 Å². The molecule has 0 aromatic carbocycles. The average molecular weight is 476 g/mol. The summed E-state index contributed by atoms with van der Waals surface area (Å²) in [5.74, 6) is 0.117. The average Bonchev–Trinajstić information content (AvgIpc) is 3.38. The quantitative estimate of drug-likeness (QED) is 0.416. The minimum absolute atomic E-state index is 0.0210. The van der Waals surface area contributed by atoms with Gasteiger partial charge in [0.25, 0.3) is 5.56 Å². The first-order chi connectivity index (χ1) is 15.8. The maximum atomic E-state index is 13.9. The minimum atomic E-state index is -4.67. The maximum absolute atomic E-state index is 13.9. The second-order valence-electron chi connectivity index (χ2n) is 7.84. The molecule has 1 unspecified atom stereocenters. The van der Waals surface area contributed by atoms with E-state index in [-0.39, 0.29) is 28.8 Å². The zero-order valence-electron chi connectivity index (χ0n) is 17.5. The largest absolute Gasteiger partial charge is 0.419 e. The summed E-state index contributed by atoms with van der Waals surface area (Å²) in [5.41, 5.74) is -1.23. The summed E-state index contributed by atoms with van der Waals surface area (Å²) in [6, 6.07) is 1.60. The molecule has 33 heavy (non-hydrogen) atoms. The molecule has 0 radical (unpaired) electrons. The lowest BCUT2D eigenvalue weighted by molar-refractivity contribution is -0.137. The van der Waals surface area contributed by atoms with E-state index in [2.05, 4.69) is 30.6 Å². The Balaban J connectivity index is 1.70. The summed E-state index contributed by atoms with van der Waals surface area (Å²) in [5, 5.41) is 8.13. The van der Waals surface area contributed by atoms with E-state index in [1.54, 1.807) is 16.8 Å². The zero-order valence-corrected chi connectivity index (χ0v) is 18.3. The first kappa shape index (κ1) is 21.6. The van der Waals surface area contributed by atoms with Crippen LogP contribution in [0.15, 0.2) is 35.6 Å². The van der Waals surface area contributed by atoms with Gasteiger partial charge in [-0.15, -0.1) is 11.3 Å². The highest BCUT2D eigenvalue weighted by molar-refractivity contribution is 7.14. The van der Waals surface area contributed by atoms with Crippen molar-refractivity contribution in [2.75, 3.05) is 18.4 Å². The molecule has 4 aromatic heterocycles. The molecule has 0 bridgehead atoms. The molecule has 172 valence electrons. The van der Waals surface area contributed by atoms with E-state index in [4.69, 9.17) is 0 Å². The van der Waals surface area contributed by atoms with Crippen molar-refractivity contribution >= 4 is 28.2 Å². The molecule has 1 fully saturated rings. The van der Waals surface area contributed by atoms with Crippen LogP contribution in [0, 0.1) is 6.92 Å². The third kappa shape index (κ3) is 4.11. The second-order valence-corrected chi connectivity index (χ2v) is 9.05. The van der Waals surface area contributed by atoms with E-state index >= 15 is 0 Å². The van der Waals surface area contributed by atoms with Crippen LogP contribution in [-0.4, -0.2) is 43.6 Å². The third-order valence-corrected chi connectivity index (χ3v) is 6.46. The van der Waals surface area contributed by atoms with E-state index in [1.807, 2.05) is 6.92 Å². The summed E-state index contributed by atoms with van der Waals surface area (Å²) in [7, 11) is 0. The first-order valence-electron chi connectivity index (χ1n) is 10.4. The number of aryl methyl sites for hydroxylation is 1. The summed E-state index contributed by atoms with van der Waals surface area (Å²) >= 11 is 1.33. The lowest BCUT2D eigenvalue weighted by atomic mass is 10.1. The van der Waals surface area contributed by atoms with Gasteiger partial charge in [0, 0.05) is 42.1 Å². The summed E-state index contributed by atoms with van der Waals surface area (Å²) < 4.78 is 43.4. The van der Waals surface area contributed by atoms with Gasteiger partial charge in [0.15, 0.2) is 0 Å². The van der Waals surface area contributed by atoms with E-state index < -0.39 is 17.3 Å². The van der Waals surface area contributed by atoms with Crippen LogP contribution >= 0.6 is 11.3 Å². The number of thiazole rings is 1. The minimum Gasteiger partial charge on any atom is -0.350 e. The Bertz CT molecular complexity index is 1370. The third-order valence-electron chi connectivity index (χ3n) is 5.55. The molecule has 0 aliphatic carbocycles. The molecule has 1 saturated heterocycles. The number of alkyl halides is 3. The molecule has 12 heteroatoms. The van der Waals surface area contributed by atoms with Gasteiger partial charge in [-0.3, -0.25) is 4.79 Å². The number of hydrogen-bond donors (Lipinski definition) is 3. The Morgan fingerprint density at radius 2 is 2.12 bits per heavy atom. The Kier molecular flexibility index (Phi) is 5.41. The molecular formula is C21H20F3N7OS. The highest BCUT2D eigenvalue weighted by Gasteiger charge is 2.36. The van der Waals surface area contributed by atoms with E-state index in [9.17, 15) is 18.0 Å². The monoisotopic (exact) mass is 475 g/mol. The number of aromatic amines is 1. The second kappa shape index (κ2) is 8.27.